The molecule has 0 amide bonds. The lowest BCUT2D eigenvalue weighted by atomic mass is 10.4. The van der Waals surface area contributed by atoms with E-state index in [2.05, 4.69) is 19.9 Å². The van der Waals surface area contributed by atoms with Gasteiger partial charge in [0.1, 0.15) is 10.6 Å². The van der Waals surface area contributed by atoms with Crippen LogP contribution in [-0.4, -0.2) is 34.7 Å². The second kappa shape index (κ2) is 4.34. The van der Waals surface area contributed by atoms with Gasteiger partial charge in [0.15, 0.2) is 0 Å². The number of rotatable bonds is 5. The fourth-order valence-electron chi connectivity index (χ4n) is 1.60. The summed E-state index contributed by atoms with van der Waals surface area (Å²) < 4.78 is 31.2. The van der Waals surface area contributed by atoms with Crippen LogP contribution in [0.1, 0.15) is 35.1 Å². The van der Waals surface area contributed by atoms with E-state index in [-0.39, 0.29) is 22.5 Å². The van der Waals surface area contributed by atoms with E-state index >= 15 is 0 Å². The number of H-pyrrole nitrogens is 1. The number of aromatic carboxylic acids is 1. The van der Waals surface area contributed by atoms with Gasteiger partial charge in [-0.1, -0.05) is 5.10 Å². The number of carboxylic acid groups (broad SMARTS) is 1. The van der Waals surface area contributed by atoms with E-state index in [0.717, 1.165) is 25.1 Å². The van der Waals surface area contributed by atoms with Crippen molar-refractivity contribution in [1.29, 1.82) is 0 Å². The van der Waals surface area contributed by atoms with E-state index in [1.165, 1.54) is 0 Å². The van der Waals surface area contributed by atoms with Gasteiger partial charge in [-0.15, -0.1) is 5.10 Å². The van der Waals surface area contributed by atoms with Crippen molar-refractivity contribution >= 4 is 22.0 Å². The predicted molar refractivity (Wildman–Crippen MR) is 64.8 cm³/mol. The van der Waals surface area contributed by atoms with Crippen LogP contribution in [0.5, 0.6) is 0 Å². The zero-order chi connectivity index (χ0) is 14.3. The molecule has 9 nitrogen and oxygen atoms in total. The number of sulfonamides is 1. The van der Waals surface area contributed by atoms with Crippen molar-refractivity contribution in [2.75, 3.05) is 4.72 Å². The Bertz CT molecular complexity index is 758. The quantitative estimate of drug-likeness (QED) is 0.741. The summed E-state index contributed by atoms with van der Waals surface area (Å²) in [6, 6.07) is 0.771. The lowest BCUT2D eigenvalue weighted by Gasteiger charge is -2.00. The normalized spacial score (nSPS) is 15.2. The summed E-state index contributed by atoms with van der Waals surface area (Å²) >= 11 is 0. The highest BCUT2D eigenvalue weighted by molar-refractivity contribution is 7.92. The molecule has 2 heterocycles. The molecule has 1 aliphatic carbocycles. The van der Waals surface area contributed by atoms with E-state index in [1.807, 2.05) is 0 Å². The second-order valence-electron chi connectivity index (χ2n) is 4.38. The van der Waals surface area contributed by atoms with Crippen LogP contribution in [0.2, 0.25) is 0 Å². The molecule has 0 spiro atoms. The van der Waals surface area contributed by atoms with Crippen molar-refractivity contribution in [3.05, 3.63) is 23.8 Å². The highest BCUT2D eigenvalue weighted by Gasteiger charge is 2.30. The number of nitrogens with zero attached hydrogens (tertiary/aromatic N) is 2. The fourth-order valence-corrected chi connectivity index (χ4v) is 2.52. The van der Waals surface area contributed by atoms with Crippen molar-refractivity contribution in [3.8, 4) is 0 Å². The second-order valence-corrected chi connectivity index (χ2v) is 6.06. The Kier molecular flexibility index (Phi) is 2.74. The Labute approximate surface area is 113 Å². The van der Waals surface area contributed by atoms with Crippen LogP contribution in [-0.2, 0) is 10.0 Å². The number of aromatic amines is 1. The van der Waals surface area contributed by atoms with Crippen LogP contribution in [0.4, 0.5) is 6.01 Å². The van der Waals surface area contributed by atoms with Gasteiger partial charge in [-0.2, -0.15) is 0 Å². The Morgan fingerprint density at radius 1 is 1.45 bits per heavy atom. The first kappa shape index (κ1) is 12.7. The lowest BCUT2D eigenvalue weighted by Crippen LogP contribution is -2.12. The SMILES string of the molecule is O=C(O)c1cc(S(=O)(=O)Nc2nnc(C3CC3)o2)c[nH]1. The van der Waals surface area contributed by atoms with Gasteiger partial charge in [-0.25, -0.2) is 17.9 Å². The van der Waals surface area contributed by atoms with E-state index in [0.29, 0.717) is 5.89 Å². The number of aromatic nitrogens is 3. The van der Waals surface area contributed by atoms with Crippen molar-refractivity contribution in [2.24, 2.45) is 0 Å². The molecule has 1 saturated carbocycles. The highest BCUT2D eigenvalue weighted by Crippen LogP contribution is 2.39. The van der Waals surface area contributed by atoms with Crippen molar-refractivity contribution < 1.29 is 22.7 Å². The number of nitrogens with one attached hydrogen (secondary N) is 2. The monoisotopic (exact) mass is 298 g/mol. The molecule has 0 unspecified atom stereocenters. The van der Waals surface area contributed by atoms with E-state index in [9.17, 15) is 13.2 Å². The predicted octanol–water partition coefficient (Wildman–Crippen LogP) is 0.774. The molecule has 3 N–H and O–H groups in total. The third kappa shape index (κ3) is 2.37. The van der Waals surface area contributed by atoms with Crippen LogP contribution in [0.25, 0.3) is 0 Å². The molecule has 0 atom stereocenters. The summed E-state index contributed by atoms with van der Waals surface area (Å²) in [4.78, 5) is 12.8. The smallest absolute Gasteiger partial charge is 0.352 e. The highest BCUT2D eigenvalue weighted by atomic mass is 32.2. The minimum absolute atomic E-state index is 0.214. The topological polar surface area (TPSA) is 138 Å². The van der Waals surface area contributed by atoms with Crippen LogP contribution >= 0.6 is 0 Å². The first-order valence-electron chi connectivity index (χ1n) is 5.73. The van der Waals surface area contributed by atoms with Crippen molar-refractivity contribution in [3.63, 3.8) is 0 Å². The summed E-state index contributed by atoms with van der Waals surface area (Å²) in [7, 11) is -3.96. The maximum absolute atomic E-state index is 12.0. The zero-order valence-corrected chi connectivity index (χ0v) is 10.8. The molecule has 1 fully saturated rings. The average Bonchev–Trinajstić information content (AvgIpc) is 2.91. The molecule has 0 aliphatic heterocycles. The minimum Gasteiger partial charge on any atom is -0.477 e. The van der Waals surface area contributed by atoms with Crippen molar-refractivity contribution in [2.45, 2.75) is 23.7 Å². The maximum Gasteiger partial charge on any atom is 0.352 e. The van der Waals surface area contributed by atoms with Crippen LogP contribution in [0.3, 0.4) is 0 Å². The molecule has 2 aromatic rings. The van der Waals surface area contributed by atoms with Gasteiger partial charge in [0.2, 0.25) is 5.89 Å². The first-order chi connectivity index (χ1) is 9.45. The minimum atomic E-state index is -3.96. The molecule has 106 valence electrons. The fraction of sp³-hybridized carbons (Fsp3) is 0.300. The summed E-state index contributed by atoms with van der Waals surface area (Å²) in [5, 5.41) is 16.1. The van der Waals surface area contributed by atoms with E-state index in [4.69, 9.17) is 9.52 Å². The Morgan fingerprint density at radius 2 is 2.20 bits per heavy atom. The Hall–Kier alpha value is -2.36. The summed E-state index contributed by atoms with van der Waals surface area (Å²) in [5.41, 5.74) is -0.227. The third-order valence-corrected chi connectivity index (χ3v) is 4.09. The Morgan fingerprint density at radius 3 is 2.80 bits per heavy atom. The summed E-state index contributed by atoms with van der Waals surface area (Å²) in [6.07, 6.45) is 2.98. The van der Waals surface area contributed by atoms with Crippen LogP contribution < -0.4 is 4.72 Å². The number of carbonyl (C=O) groups is 1. The van der Waals surface area contributed by atoms with Gasteiger partial charge in [0.25, 0.3) is 10.0 Å². The Balaban J connectivity index is 1.81. The van der Waals surface area contributed by atoms with Crippen LogP contribution in [0, 0.1) is 0 Å². The average molecular weight is 298 g/mol. The molecule has 0 radical (unpaired) electrons. The molecule has 3 rings (SSSR count). The zero-order valence-electron chi connectivity index (χ0n) is 10.0. The lowest BCUT2D eigenvalue weighted by molar-refractivity contribution is 0.0691. The molecule has 10 heteroatoms. The van der Waals surface area contributed by atoms with E-state index < -0.39 is 16.0 Å². The molecule has 0 aromatic carbocycles. The number of hydrogen-bond acceptors (Lipinski definition) is 6. The molecule has 0 saturated heterocycles. The molecule has 20 heavy (non-hydrogen) atoms. The van der Waals surface area contributed by atoms with Gasteiger partial charge in [-0.3, -0.25) is 0 Å². The standard InChI is InChI=1S/C10H10N4O5S/c15-9(16)7-3-6(4-11-7)20(17,18)14-10-13-12-8(19-10)5-1-2-5/h3-5,11H,1-2H2,(H,13,14)(H,15,16). The molecule has 1 aliphatic rings. The van der Waals surface area contributed by atoms with Crippen LogP contribution in [0.15, 0.2) is 21.6 Å². The molecular formula is C10H10N4O5S. The van der Waals surface area contributed by atoms with Gasteiger partial charge in [0, 0.05) is 12.1 Å². The summed E-state index contributed by atoms with van der Waals surface area (Å²) in [5.74, 6) is -0.630. The van der Waals surface area contributed by atoms with Gasteiger partial charge in [0.05, 0.1) is 0 Å². The third-order valence-electron chi connectivity index (χ3n) is 2.79. The first-order valence-corrected chi connectivity index (χ1v) is 7.22. The van der Waals surface area contributed by atoms with Crippen molar-refractivity contribution in [1.82, 2.24) is 15.2 Å². The van der Waals surface area contributed by atoms with Gasteiger partial charge in [-0.05, 0) is 18.9 Å². The number of carboxylic acids is 1. The van der Waals surface area contributed by atoms with E-state index in [1.54, 1.807) is 0 Å². The molecule has 2 aromatic heterocycles. The van der Waals surface area contributed by atoms with Gasteiger partial charge < -0.3 is 14.5 Å². The molecule has 0 bridgehead atoms. The molecular weight excluding hydrogens is 288 g/mol. The largest absolute Gasteiger partial charge is 0.477 e. The summed E-state index contributed by atoms with van der Waals surface area (Å²) in [6.45, 7) is 0. The van der Waals surface area contributed by atoms with Gasteiger partial charge >= 0.3 is 12.0 Å². The number of hydrogen-bond donors (Lipinski definition) is 3. The number of anilines is 1. The maximum atomic E-state index is 12.0.